The van der Waals surface area contributed by atoms with Gasteiger partial charge in [0.1, 0.15) is 4.99 Å². The van der Waals surface area contributed by atoms with Crippen molar-refractivity contribution in [1.29, 1.82) is 0 Å². The van der Waals surface area contributed by atoms with Gasteiger partial charge in [-0.15, -0.1) is 0 Å². The average molecular weight is 306 g/mol. The van der Waals surface area contributed by atoms with Crippen molar-refractivity contribution in [3.05, 3.63) is 29.3 Å². The number of benzene rings is 1. The number of halogens is 2. The molecule has 0 fully saturated rings. The van der Waals surface area contributed by atoms with Gasteiger partial charge in [0, 0.05) is 34.4 Å². The molecule has 1 rings (SSSR count). The standard InChI is InChI=1S/C12H16F2N2OS2/c1-7(5-6-19(2)17)16-9-4-3-8(12(15)18)10(13)11(9)14/h3-4,7,16H,5-6H2,1-2H3,(H2,15,18). The first kappa shape index (κ1) is 16.0. The highest BCUT2D eigenvalue weighted by Gasteiger charge is 2.16. The van der Waals surface area contributed by atoms with E-state index in [1.165, 1.54) is 12.1 Å². The van der Waals surface area contributed by atoms with E-state index < -0.39 is 22.4 Å². The quantitative estimate of drug-likeness (QED) is 0.791. The van der Waals surface area contributed by atoms with E-state index in [2.05, 4.69) is 17.5 Å². The van der Waals surface area contributed by atoms with Gasteiger partial charge in [-0.3, -0.25) is 4.21 Å². The Morgan fingerprint density at radius 1 is 1.47 bits per heavy atom. The maximum atomic E-state index is 13.8. The number of nitrogens with two attached hydrogens (primary N) is 1. The first-order chi connectivity index (χ1) is 8.82. The Hall–Kier alpha value is -1.08. The molecule has 0 aliphatic rings. The van der Waals surface area contributed by atoms with Crippen molar-refractivity contribution in [2.24, 2.45) is 5.73 Å². The predicted octanol–water partition coefficient (Wildman–Crippen LogP) is 2.17. The summed E-state index contributed by atoms with van der Waals surface area (Å²) in [5, 5.41) is 2.84. The van der Waals surface area contributed by atoms with Crippen LogP contribution < -0.4 is 11.1 Å². The summed E-state index contributed by atoms with van der Waals surface area (Å²) >= 11 is 4.63. The Bertz CT molecular complexity index is 509. The molecular formula is C12H16F2N2OS2. The molecule has 106 valence electrons. The van der Waals surface area contributed by atoms with E-state index in [9.17, 15) is 13.0 Å². The molecule has 2 atom stereocenters. The van der Waals surface area contributed by atoms with E-state index >= 15 is 0 Å². The summed E-state index contributed by atoms with van der Waals surface area (Å²) in [6, 6.07) is 2.62. The second kappa shape index (κ2) is 6.91. The van der Waals surface area contributed by atoms with Gasteiger partial charge in [-0.05, 0) is 25.5 Å². The maximum Gasteiger partial charge on any atom is 0.182 e. The smallest absolute Gasteiger partial charge is 0.182 e. The molecule has 3 nitrogen and oxygen atoms in total. The molecule has 0 spiro atoms. The molecule has 3 N–H and O–H groups in total. The number of hydrogen-bond donors (Lipinski definition) is 2. The molecule has 19 heavy (non-hydrogen) atoms. The first-order valence-corrected chi connectivity index (χ1v) is 7.80. The zero-order valence-electron chi connectivity index (χ0n) is 10.7. The highest BCUT2D eigenvalue weighted by molar-refractivity contribution is 7.84. The molecule has 1 aromatic carbocycles. The van der Waals surface area contributed by atoms with E-state index in [-0.39, 0.29) is 22.3 Å². The highest BCUT2D eigenvalue weighted by atomic mass is 32.2. The van der Waals surface area contributed by atoms with Gasteiger partial charge < -0.3 is 11.1 Å². The van der Waals surface area contributed by atoms with Gasteiger partial charge in [0.15, 0.2) is 11.6 Å². The van der Waals surface area contributed by atoms with Crippen molar-refractivity contribution in [2.75, 3.05) is 17.3 Å². The molecule has 0 saturated heterocycles. The first-order valence-electron chi connectivity index (χ1n) is 5.67. The van der Waals surface area contributed by atoms with Crippen LogP contribution in [-0.2, 0) is 10.8 Å². The SMILES string of the molecule is CC(CCS(C)=O)Nc1ccc(C(N)=S)c(F)c1F. The third-order valence-electron chi connectivity index (χ3n) is 2.59. The van der Waals surface area contributed by atoms with E-state index in [1.807, 2.05) is 6.92 Å². The monoisotopic (exact) mass is 306 g/mol. The van der Waals surface area contributed by atoms with Crippen LogP contribution in [0.2, 0.25) is 0 Å². The van der Waals surface area contributed by atoms with Gasteiger partial charge >= 0.3 is 0 Å². The van der Waals surface area contributed by atoms with Crippen molar-refractivity contribution in [2.45, 2.75) is 19.4 Å². The summed E-state index contributed by atoms with van der Waals surface area (Å²) in [5.74, 6) is -1.55. The Morgan fingerprint density at radius 2 is 2.11 bits per heavy atom. The number of anilines is 1. The van der Waals surface area contributed by atoms with Crippen LogP contribution in [0.5, 0.6) is 0 Å². The van der Waals surface area contributed by atoms with Crippen LogP contribution in [0.15, 0.2) is 12.1 Å². The molecule has 0 radical (unpaired) electrons. The molecule has 1 aromatic rings. The maximum absolute atomic E-state index is 13.8. The Morgan fingerprint density at radius 3 is 2.63 bits per heavy atom. The number of rotatable bonds is 6. The molecule has 2 unspecified atom stereocenters. The second-order valence-electron chi connectivity index (χ2n) is 4.26. The third kappa shape index (κ3) is 4.50. The van der Waals surface area contributed by atoms with Crippen molar-refractivity contribution < 1.29 is 13.0 Å². The van der Waals surface area contributed by atoms with Gasteiger partial charge in [-0.1, -0.05) is 12.2 Å². The fourth-order valence-corrected chi connectivity index (χ4v) is 2.37. The van der Waals surface area contributed by atoms with Gasteiger partial charge in [0.2, 0.25) is 0 Å². The van der Waals surface area contributed by atoms with Gasteiger partial charge in [-0.25, -0.2) is 8.78 Å². The molecule has 0 saturated carbocycles. The number of thiocarbonyl (C=S) groups is 1. The van der Waals surface area contributed by atoms with E-state index in [0.29, 0.717) is 12.2 Å². The lowest BCUT2D eigenvalue weighted by molar-refractivity contribution is 0.508. The molecule has 0 aliphatic heterocycles. The predicted molar refractivity (Wildman–Crippen MR) is 78.9 cm³/mol. The van der Waals surface area contributed by atoms with Gasteiger partial charge in [-0.2, -0.15) is 0 Å². The molecule has 0 heterocycles. The number of nitrogens with one attached hydrogen (secondary N) is 1. The molecule has 0 amide bonds. The zero-order valence-corrected chi connectivity index (χ0v) is 12.3. The summed E-state index contributed by atoms with van der Waals surface area (Å²) in [5.41, 5.74) is 5.22. The van der Waals surface area contributed by atoms with Crippen LogP contribution in [0.1, 0.15) is 18.9 Å². The van der Waals surface area contributed by atoms with Crippen LogP contribution in [0.25, 0.3) is 0 Å². The lowest BCUT2D eigenvalue weighted by atomic mass is 10.1. The van der Waals surface area contributed by atoms with Crippen LogP contribution >= 0.6 is 12.2 Å². The van der Waals surface area contributed by atoms with Crippen LogP contribution in [0, 0.1) is 11.6 Å². The molecule has 0 aromatic heterocycles. The number of hydrogen-bond acceptors (Lipinski definition) is 3. The minimum atomic E-state index is -1.05. The van der Waals surface area contributed by atoms with Crippen LogP contribution in [0.4, 0.5) is 14.5 Å². The van der Waals surface area contributed by atoms with E-state index in [1.54, 1.807) is 6.26 Å². The second-order valence-corrected chi connectivity index (χ2v) is 6.26. The van der Waals surface area contributed by atoms with Crippen molar-refractivity contribution >= 4 is 33.7 Å². The third-order valence-corrected chi connectivity index (χ3v) is 3.62. The topological polar surface area (TPSA) is 55.1 Å². The van der Waals surface area contributed by atoms with E-state index in [0.717, 1.165) is 0 Å². The minimum absolute atomic E-state index is 0.0480. The van der Waals surface area contributed by atoms with Crippen molar-refractivity contribution in [1.82, 2.24) is 0 Å². The molecular weight excluding hydrogens is 290 g/mol. The highest BCUT2D eigenvalue weighted by Crippen LogP contribution is 2.21. The lowest BCUT2D eigenvalue weighted by Gasteiger charge is -2.16. The fraction of sp³-hybridized carbons (Fsp3) is 0.417. The van der Waals surface area contributed by atoms with E-state index in [4.69, 9.17) is 5.73 Å². The summed E-state index contributed by atoms with van der Waals surface area (Å²) in [4.78, 5) is -0.183. The average Bonchev–Trinajstić information content (AvgIpc) is 2.32. The van der Waals surface area contributed by atoms with Crippen molar-refractivity contribution in [3.63, 3.8) is 0 Å². The van der Waals surface area contributed by atoms with Crippen LogP contribution in [-0.4, -0.2) is 27.2 Å². The Balaban J connectivity index is 2.82. The van der Waals surface area contributed by atoms with Gasteiger partial charge in [0.25, 0.3) is 0 Å². The normalized spacial score (nSPS) is 13.9. The Kier molecular flexibility index (Phi) is 5.81. The largest absolute Gasteiger partial charge is 0.389 e. The van der Waals surface area contributed by atoms with Crippen molar-refractivity contribution in [3.8, 4) is 0 Å². The molecule has 0 bridgehead atoms. The minimum Gasteiger partial charge on any atom is -0.389 e. The summed E-state index contributed by atoms with van der Waals surface area (Å²) in [6.45, 7) is 1.81. The van der Waals surface area contributed by atoms with Gasteiger partial charge in [0.05, 0.1) is 5.69 Å². The fourth-order valence-electron chi connectivity index (χ4n) is 1.53. The molecule has 7 heteroatoms. The summed E-state index contributed by atoms with van der Waals surface area (Å²) in [7, 11) is -0.905. The summed E-state index contributed by atoms with van der Waals surface area (Å²) < 4.78 is 38.4. The lowest BCUT2D eigenvalue weighted by Crippen LogP contribution is -2.20. The zero-order chi connectivity index (χ0) is 14.6. The summed E-state index contributed by atoms with van der Waals surface area (Å²) in [6.07, 6.45) is 2.20. The Labute approximate surface area is 119 Å². The van der Waals surface area contributed by atoms with Crippen LogP contribution in [0.3, 0.4) is 0 Å². The molecule has 0 aliphatic carbocycles.